The SMILES string of the molecule is CC(C)(C)OC=O.CNC(=O)c1ccc(Cl)c(C(C(C)=O)c2nn(C3CCNC3)c(N)c2C(N)=O)c1. The van der Waals surface area contributed by atoms with Gasteiger partial charge in [-0.25, -0.2) is 4.68 Å². The van der Waals surface area contributed by atoms with Gasteiger partial charge in [-0.2, -0.15) is 5.10 Å². The maximum absolute atomic E-state index is 12.7. The summed E-state index contributed by atoms with van der Waals surface area (Å²) in [4.78, 5) is 46.5. The predicted molar refractivity (Wildman–Crippen MR) is 136 cm³/mol. The highest BCUT2D eigenvalue weighted by atomic mass is 35.5. The van der Waals surface area contributed by atoms with Crippen molar-refractivity contribution in [1.82, 2.24) is 20.4 Å². The van der Waals surface area contributed by atoms with Crippen molar-refractivity contribution in [2.75, 3.05) is 25.9 Å². The maximum Gasteiger partial charge on any atom is 0.293 e. The fourth-order valence-electron chi connectivity index (χ4n) is 3.80. The molecule has 1 aliphatic rings. The molecule has 3 rings (SSSR count). The van der Waals surface area contributed by atoms with Gasteiger partial charge in [0.15, 0.2) is 0 Å². The summed E-state index contributed by atoms with van der Waals surface area (Å²) in [5.41, 5.74) is 12.3. The molecule has 1 aromatic heterocycles. The Balaban J connectivity index is 0.000000572. The molecule has 2 unspecified atom stereocenters. The van der Waals surface area contributed by atoms with Crippen molar-refractivity contribution in [1.29, 1.82) is 0 Å². The first-order valence-electron chi connectivity index (χ1n) is 11.3. The lowest BCUT2D eigenvalue weighted by molar-refractivity contribution is -0.138. The van der Waals surface area contributed by atoms with Crippen molar-refractivity contribution in [2.45, 2.75) is 51.7 Å². The van der Waals surface area contributed by atoms with Gasteiger partial charge in [-0.1, -0.05) is 11.6 Å². The van der Waals surface area contributed by atoms with Gasteiger partial charge >= 0.3 is 0 Å². The number of amides is 2. The second-order valence-corrected chi connectivity index (χ2v) is 9.69. The number of benzene rings is 1. The van der Waals surface area contributed by atoms with Gasteiger partial charge in [-0.3, -0.25) is 19.2 Å². The number of ketones is 1. The molecule has 6 N–H and O–H groups in total. The molecule has 0 spiro atoms. The number of hydrogen-bond donors (Lipinski definition) is 4. The van der Waals surface area contributed by atoms with Crippen molar-refractivity contribution in [2.24, 2.45) is 5.73 Å². The number of aromatic nitrogens is 2. The molecular weight excluding hydrogens is 488 g/mol. The summed E-state index contributed by atoms with van der Waals surface area (Å²) < 4.78 is 6.09. The van der Waals surface area contributed by atoms with Gasteiger partial charge in [0.1, 0.15) is 22.8 Å². The lowest BCUT2D eigenvalue weighted by Crippen LogP contribution is -2.21. The van der Waals surface area contributed by atoms with E-state index >= 15 is 0 Å². The summed E-state index contributed by atoms with van der Waals surface area (Å²) in [6, 6.07) is 4.54. The number of halogens is 1. The molecule has 2 amide bonds. The standard InChI is InChI=1S/C19H23ClN6O3.C5H10O2/c1-9(27)14(12-7-10(19(29)23-2)3-4-13(12)20)16-15(18(22)28)17(21)26(25-16)11-5-6-24-8-11;1-5(2,3)7-4-6/h3-4,7,11,14,24H,5-6,8,21H2,1-2H3,(H2,22,28)(H,23,29);4H,1-3H3. The van der Waals surface area contributed by atoms with Crippen molar-refractivity contribution >= 4 is 41.5 Å². The van der Waals surface area contributed by atoms with Gasteiger partial charge in [0, 0.05) is 24.2 Å². The third-order valence-electron chi connectivity index (χ3n) is 5.48. The molecule has 2 atom stereocenters. The van der Waals surface area contributed by atoms with Gasteiger partial charge in [0.25, 0.3) is 18.3 Å². The van der Waals surface area contributed by atoms with E-state index in [1.165, 1.54) is 26.1 Å². The van der Waals surface area contributed by atoms with E-state index in [0.717, 1.165) is 13.0 Å². The quantitative estimate of drug-likeness (QED) is 0.400. The fourth-order valence-corrected chi connectivity index (χ4v) is 4.03. The second-order valence-electron chi connectivity index (χ2n) is 9.29. The highest BCUT2D eigenvalue weighted by Crippen LogP contribution is 2.36. The number of carbonyl (C=O) groups is 4. The topological polar surface area (TPSA) is 171 Å². The van der Waals surface area contributed by atoms with Gasteiger partial charge in [0.2, 0.25) is 0 Å². The predicted octanol–water partition coefficient (Wildman–Crippen LogP) is 1.79. The number of carbonyl (C=O) groups excluding carboxylic acids is 4. The minimum absolute atomic E-state index is 0.00138. The highest BCUT2D eigenvalue weighted by molar-refractivity contribution is 6.32. The van der Waals surface area contributed by atoms with E-state index in [2.05, 4.69) is 20.5 Å². The summed E-state index contributed by atoms with van der Waals surface area (Å²) in [5, 5.41) is 10.5. The first-order valence-corrected chi connectivity index (χ1v) is 11.7. The molecule has 0 bridgehead atoms. The molecular formula is C24H33ClN6O5. The third kappa shape index (κ3) is 6.82. The van der Waals surface area contributed by atoms with Gasteiger partial charge in [-0.05, 0) is 64.4 Å². The number of ether oxygens (including phenoxy) is 1. The molecule has 12 heteroatoms. The molecule has 2 aromatic rings. The summed E-state index contributed by atoms with van der Waals surface area (Å²) in [5.74, 6) is -2.29. The zero-order chi connectivity index (χ0) is 27.2. The number of hydrogen-bond acceptors (Lipinski definition) is 8. The Hall–Kier alpha value is -3.44. The molecule has 1 fully saturated rings. The van der Waals surface area contributed by atoms with Crippen LogP contribution >= 0.6 is 11.6 Å². The van der Waals surface area contributed by atoms with Gasteiger partial charge < -0.3 is 26.8 Å². The Morgan fingerprint density at radius 1 is 1.33 bits per heavy atom. The number of nitrogen functional groups attached to an aromatic ring is 1. The number of anilines is 1. The average Bonchev–Trinajstić information content (AvgIpc) is 3.42. The minimum atomic E-state index is -0.993. The largest absolute Gasteiger partial charge is 0.462 e. The Morgan fingerprint density at radius 2 is 2.00 bits per heavy atom. The van der Waals surface area contributed by atoms with Crippen LogP contribution in [0.2, 0.25) is 5.02 Å². The number of nitrogens with two attached hydrogens (primary N) is 2. The monoisotopic (exact) mass is 520 g/mol. The van der Waals surface area contributed by atoms with E-state index in [1.807, 2.05) is 20.8 Å². The van der Waals surface area contributed by atoms with E-state index in [0.29, 0.717) is 24.1 Å². The molecule has 11 nitrogen and oxygen atoms in total. The zero-order valence-electron chi connectivity index (χ0n) is 21.1. The Labute approximate surface area is 214 Å². The van der Waals surface area contributed by atoms with Crippen LogP contribution < -0.4 is 22.1 Å². The Kier molecular flexibility index (Phi) is 9.60. The molecule has 1 aromatic carbocycles. The van der Waals surface area contributed by atoms with Crippen molar-refractivity contribution in [3.8, 4) is 0 Å². The second kappa shape index (κ2) is 12.0. The molecule has 1 aliphatic heterocycles. The van der Waals surface area contributed by atoms with Crippen LogP contribution in [0, 0.1) is 0 Å². The number of Topliss-reactive ketones (excluding diaryl/α,β-unsaturated/α-hetero) is 1. The molecule has 196 valence electrons. The van der Waals surface area contributed by atoms with E-state index in [4.69, 9.17) is 23.1 Å². The highest BCUT2D eigenvalue weighted by Gasteiger charge is 2.34. The molecule has 0 aliphatic carbocycles. The molecule has 1 saturated heterocycles. The number of primary amides is 1. The fraction of sp³-hybridized carbons (Fsp3) is 0.458. The van der Waals surface area contributed by atoms with Crippen LogP contribution in [0.4, 0.5) is 5.82 Å². The van der Waals surface area contributed by atoms with Crippen molar-refractivity contribution < 1.29 is 23.9 Å². The molecule has 0 saturated carbocycles. The summed E-state index contributed by atoms with van der Waals surface area (Å²) >= 11 is 6.36. The van der Waals surface area contributed by atoms with Crippen molar-refractivity contribution in [3.63, 3.8) is 0 Å². The first kappa shape index (κ1) is 28.8. The minimum Gasteiger partial charge on any atom is -0.462 e. The van der Waals surface area contributed by atoms with Crippen LogP contribution in [0.5, 0.6) is 0 Å². The summed E-state index contributed by atoms with van der Waals surface area (Å²) in [6.45, 7) is 8.72. The number of rotatable bonds is 7. The zero-order valence-corrected chi connectivity index (χ0v) is 21.8. The molecule has 36 heavy (non-hydrogen) atoms. The van der Waals surface area contributed by atoms with E-state index in [9.17, 15) is 19.2 Å². The number of nitrogens with zero attached hydrogens (tertiary/aromatic N) is 2. The van der Waals surface area contributed by atoms with E-state index < -0.39 is 11.8 Å². The van der Waals surface area contributed by atoms with Crippen LogP contribution in [-0.2, 0) is 14.3 Å². The van der Waals surface area contributed by atoms with Gasteiger partial charge in [-0.15, -0.1) is 0 Å². The molecule has 0 radical (unpaired) electrons. The van der Waals surface area contributed by atoms with E-state index in [-0.39, 0.29) is 45.4 Å². The average molecular weight is 521 g/mol. The maximum atomic E-state index is 12.7. The van der Waals surface area contributed by atoms with Crippen LogP contribution in [0.15, 0.2) is 18.2 Å². The Bertz CT molecular complexity index is 1130. The van der Waals surface area contributed by atoms with Crippen LogP contribution in [0.25, 0.3) is 0 Å². The normalized spacial score (nSPS) is 15.9. The smallest absolute Gasteiger partial charge is 0.293 e. The lowest BCUT2D eigenvalue weighted by Gasteiger charge is -2.16. The van der Waals surface area contributed by atoms with Crippen LogP contribution in [0.3, 0.4) is 0 Å². The summed E-state index contributed by atoms with van der Waals surface area (Å²) in [7, 11) is 1.50. The first-order chi connectivity index (χ1) is 16.8. The number of nitrogens with one attached hydrogen (secondary N) is 2. The van der Waals surface area contributed by atoms with Crippen LogP contribution in [-0.4, -0.2) is 59.6 Å². The van der Waals surface area contributed by atoms with Crippen molar-refractivity contribution in [3.05, 3.63) is 45.6 Å². The lowest BCUT2D eigenvalue weighted by atomic mass is 9.88. The Morgan fingerprint density at radius 3 is 2.44 bits per heavy atom. The third-order valence-corrected chi connectivity index (χ3v) is 5.82. The van der Waals surface area contributed by atoms with Crippen LogP contribution in [0.1, 0.15) is 78.0 Å². The summed E-state index contributed by atoms with van der Waals surface area (Å²) in [6.07, 6.45) is 0.779. The van der Waals surface area contributed by atoms with Gasteiger partial charge in [0.05, 0.1) is 17.7 Å². The van der Waals surface area contributed by atoms with E-state index in [1.54, 1.807) is 10.7 Å². The molecule has 2 heterocycles.